The monoisotopic (exact) mass is 609 g/mol. The quantitative estimate of drug-likeness (QED) is 0.202. The standard InChI is InChI=1S/C26H23BrCl2FN3O4/c1-2-36-23-12-16(11-20(27)25(23)37-15-17-7-8-18(28)13-21(17)29)14-32-33-24(34)9-10-31-26(35)19-5-3-4-6-22(19)30/h3-8,11-14H,2,9-10,15H2,1H3,(H,31,35)(H,33,34). The number of hydrogen-bond acceptors (Lipinski definition) is 5. The summed E-state index contributed by atoms with van der Waals surface area (Å²) in [4.78, 5) is 24.1. The molecule has 2 N–H and O–H groups in total. The van der Waals surface area contributed by atoms with Crippen LogP contribution in [0.25, 0.3) is 0 Å². The van der Waals surface area contributed by atoms with Crippen LogP contribution in [0.2, 0.25) is 10.0 Å². The first-order chi connectivity index (χ1) is 17.8. The van der Waals surface area contributed by atoms with Crippen LogP contribution in [0.3, 0.4) is 0 Å². The first-order valence-electron chi connectivity index (χ1n) is 11.2. The predicted octanol–water partition coefficient (Wildman–Crippen LogP) is 6.14. The van der Waals surface area contributed by atoms with Crippen molar-refractivity contribution < 1.29 is 23.5 Å². The van der Waals surface area contributed by atoms with E-state index in [-0.39, 0.29) is 25.1 Å². The zero-order valence-corrected chi connectivity index (χ0v) is 22.8. The van der Waals surface area contributed by atoms with Gasteiger partial charge < -0.3 is 14.8 Å². The minimum atomic E-state index is -0.628. The van der Waals surface area contributed by atoms with Crippen LogP contribution in [-0.2, 0) is 11.4 Å². The molecule has 0 radical (unpaired) electrons. The molecule has 0 heterocycles. The molecular formula is C26H23BrCl2FN3O4. The van der Waals surface area contributed by atoms with Crippen LogP contribution in [0, 0.1) is 5.82 Å². The van der Waals surface area contributed by atoms with Crippen molar-refractivity contribution in [3.05, 3.63) is 91.6 Å². The van der Waals surface area contributed by atoms with Gasteiger partial charge in [-0.1, -0.05) is 41.4 Å². The third-order valence-corrected chi connectivity index (χ3v) is 6.05. The molecule has 0 atom stereocenters. The SMILES string of the molecule is CCOc1cc(C=NNC(=O)CCNC(=O)c2ccccc2F)cc(Br)c1OCc1ccc(Cl)cc1Cl. The van der Waals surface area contributed by atoms with Gasteiger partial charge in [-0.3, -0.25) is 9.59 Å². The zero-order valence-electron chi connectivity index (χ0n) is 19.7. The summed E-state index contributed by atoms with van der Waals surface area (Å²) >= 11 is 15.7. The highest BCUT2D eigenvalue weighted by molar-refractivity contribution is 9.10. The maximum absolute atomic E-state index is 13.6. The zero-order chi connectivity index (χ0) is 26.8. The minimum Gasteiger partial charge on any atom is -0.490 e. The molecular weight excluding hydrogens is 588 g/mol. The van der Waals surface area contributed by atoms with Crippen molar-refractivity contribution in [2.24, 2.45) is 5.10 Å². The van der Waals surface area contributed by atoms with Crippen LogP contribution in [0.4, 0.5) is 4.39 Å². The molecule has 0 saturated carbocycles. The Bertz CT molecular complexity index is 1310. The Kier molecular flexibility index (Phi) is 10.7. The van der Waals surface area contributed by atoms with Crippen LogP contribution in [0.5, 0.6) is 11.5 Å². The van der Waals surface area contributed by atoms with Gasteiger partial charge in [-0.2, -0.15) is 5.10 Å². The lowest BCUT2D eigenvalue weighted by molar-refractivity contribution is -0.120. The molecule has 3 aromatic rings. The van der Waals surface area contributed by atoms with Crippen LogP contribution in [0.1, 0.15) is 34.8 Å². The van der Waals surface area contributed by atoms with Gasteiger partial charge in [-0.25, -0.2) is 9.82 Å². The van der Waals surface area contributed by atoms with E-state index >= 15 is 0 Å². The van der Waals surface area contributed by atoms with E-state index < -0.39 is 17.6 Å². The van der Waals surface area contributed by atoms with Gasteiger partial charge in [0.05, 0.1) is 22.9 Å². The third-order valence-electron chi connectivity index (χ3n) is 4.88. The molecule has 0 fully saturated rings. The molecule has 0 saturated heterocycles. The Hall–Kier alpha value is -3.14. The second kappa shape index (κ2) is 14.0. The summed E-state index contributed by atoms with van der Waals surface area (Å²) in [5, 5.41) is 7.48. The summed E-state index contributed by atoms with van der Waals surface area (Å²) in [5.41, 5.74) is 3.71. The fourth-order valence-electron chi connectivity index (χ4n) is 3.12. The fraction of sp³-hybridized carbons (Fsp3) is 0.192. The van der Waals surface area contributed by atoms with Gasteiger partial charge in [0.1, 0.15) is 12.4 Å². The number of benzene rings is 3. The van der Waals surface area contributed by atoms with E-state index in [1.54, 1.807) is 36.4 Å². The Balaban J connectivity index is 1.56. The van der Waals surface area contributed by atoms with Gasteiger partial charge in [0.15, 0.2) is 11.5 Å². The number of hydrogen-bond donors (Lipinski definition) is 2. The van der Waals surface area contributed by atoms with Gasteiger partial charge in [0, 0.05) is 28.6 Å². The molecule has 3 rings (SSSR count). The van der Waals surface area contributed by atoms with E-state index in [9.17, 15) is 14.0 Å². The summed E-state index contributed by atoms with van der Waals surface area (Å²) in [7, 11) is 0. The largest absolute Gasteiger partial charge is 0.490 e. The number of nitrogens with one attached hydrogen (secondary N) is 2. The highest BCUT2D eigenvalue weighted by atomic mass is 79.9. The molecule has 0 bridgehead atoms. The second-order valence-corrected chi connectivity index (χ2v) is 9.26. The van der Waals surface area contributed by atoms with Crippen molar-refractivity contribution in [1.82, 2.24) is 10.7 Å². The molecule has 2 amide bonds. The maximum Gasteiger partial charge on any atom is 0.254 e. The molecule has 0 spiro atoms. The molecule has 194 valence electrons. The predicted molar refractivity (Wildman–Crippen MR) is 145 cm³/mol. The summed E-state index contributed by atoms with van der Waals surface area (Å²) in [5.74, 6) is -0.681. The lowest BCUT2D eigenvalue weighted by atomic mass is 10.2. The first-order valence-corrected chi connectivity index (χ1v) is 12.7. The Morgan fingerprint density at radius 1 is 1.11 bits per heavy atom. The molecule has 0 aliphatic rings. The Labute approximate surface area is 232 Å². The topological polar surface area (TPSA) is 89.0 Å². The van der Waals surface area contributed by atoms with Gasteiger partial charge in [0.2, 0.25) is 5.91 Å². The fourth-order valence-corrected chi connectivity index (χ4v) is 4.16. The number of halogens is 4. The average Bonchev–Trinajstić information content (AvgIpc) is 2.85. The highest BCUT2D eigenvalue weighted by Gasteiger charge is 2.14. The van der Waals surface area contributed by atoms with Crippen molar-refractivity contribution in [2.75, 3.05) is 13.2 Å². The van der Waals surface area contributed by atoms with E-state index in [2.05, 4.69) is 31.8 Å². The number of nitrogens with zero attached hydrogens (tertiary/aromatic N) is 1. The van der Waals surface area contributed by atoms with Crippen molar-refractivity contribution in [3.8, 4) is 11.5 Å². The van der Waals surface area contributed by atoms with Crippen LogP contribution in [-0.4, -0.2) is 31.2 Å². The normalized spacial score (nSPS) is 10.8. The smallest absolute Gasteiger partial charge is 0.254 e. The van der Waals surface area contributed by atoms with E-state index in [1.807, 2.05) is 6.92 Å². The van der Waals surface area contributed by atoms with E-state index in [4.69, 9.17) is 32.7 Å². The van der Waals surface area contributed by atoms with E-state index in [0.29, 0.717) is 38.2 Å². The lowest BCUT2D eigenvalue weighted by Crippen LogP contribution is -2.29. The van der Waals surface area contributed by atoms with Crippen LogP contribution in [0.15, 0.2) is 64.2 Å². The minimum absolute atomic E-state index is 0.0260. The van der Waals surface area contributed by atoms with E-state index in [0.717, 1.165) is 5.56 Å². The number of carbonyl (C=O) groups excluding carboxylic acids is 2. The number of hydrazone groups is 1. The summed E-state index contributed by atoms with van der Waals surface area (Å²) in [6.07, 6.45) is 1.41. The summed E-state index contributed by atoms with van der Waals surface area (Å²) in [6, 6.07) is 14.2. The molecule has 0 aromatic heterocycles. The molecule has 3 aromatic carbocycles. The lowest BCUT2D eigenvalue weighted by Gasteiger charge is -2.15. The van der Waals surface area contributed by atoms with Crippen molar-refractivity contribution in [3.63, 3.8) is 0 Å². The van der Waals surface area contributed by atoms with Crippen LogP contribution < -0.4 is 20.2 Å². The second-order valence-electron chi connectivity index (χ2n) is 7.57. The number of amides is 2. The number of rotatable bonds is 11. The first kappa shape index (κ1) is 28.4. The molecule has 37 heavy (non-hydrogen) atoms. The summed E-state index contributed by atoms with van der Waals surface area (Å²) in [6.45, 7) is 2.48. The molecule has 0 aliphatic heterocycles. The van der Waals surface area contributed by atoms with Gasteiger partial charge >= 0.3 is 0 Å². The number of ether oxygens (including phenoxy) is 2. The molecule has 7 nitrogen and oxygen atoms in total. The summed E-state index contributed by atoms with van der Waals surface area (Å²) < 4.78 is 25.9. The maximum atomic E-state index is 13.6. The third kappa shape index (κ3) is 8.45. The Morgan fingerprint density at radius 2 is 1.89 bits per heavy atom. The number of carbonyl (C=O) groups is 2. The molecule has 0 aliphatic carbocycles. The highest BCUT2D eigenvalue weighted by Crippen LogP contribution is 2.37. The van der Waals surface area contributed by atoms with Crippen molar-refractivity contribution in [1.29, 1.82) is 0 Å². The molecule has 11 heteroatoms. The van der Waals surface area contributed by atoms with Crippen molar-refractivity contribution >= 4 is 57.2 Å². The van der Waals surface area contributed by atoms with E-state index in [1.165, 1.54) is 24.4 Å². The van der Waals surface area contributed by atoms with Gasteiger partial charge in [-0.15, -0.1) is 0 Å². The Morgan fingerprint density at radius 3 is 2.62 bits per heavy atom. The van der Waals surface area contributed by atoms with Crippen molar-refractivity contribution in [2.45, 2.75) is 20.0 Å². The van der Waals surface area contributed by atoms with Gasteiger partial charge in [0.25, 0.3) is 5.91 Å². The molecule has 0 unspecified atom stereocenters. The average molecular weight is 611 g/mol. The van der Waals surface area contributed by atoms with Crippen LogP contribution >= 0.6 is 39.1 Å². The van der Waals surface area contributed by atoms with Gasteiger partial charge in [-0.05, 0) is 64.8 Å².